The van der Waals surface area contributed by atoms with E-state index in [-0.39, 0.29) is 24.9 Å². The second-order valence-electron chi connectivity index (χ2n) is 6.78. The molecule has 0 aromatic heterocycles. The van der Waals surface area contributed by atoms with E-state index in [0.29, 0.717) is 37.8 Å². The highest BCUT2D eigenvalue weighted by Crippen LogP contribution is 2.38. The first-order chi connectivity index (χ1) is 15.9. The van der Waals surface area contributed by atoms with Gasteiger partial charge in [0, 0.05) is 18.7 Å². The summed E-state index contributed by atoms with van der Waals surface area (Å²) < 4.78 is 21.5. The summed E-state index contributed by atoms with van der Waals surface area (Å²) in [7, 11) is 6.04. The molecule has 0 atom stereocenters. The van der Waals surface area contributed by atoms with Gasteiger partial charge in [-0.25, -0.2) is 0 Å². The van der Waals surface area contributed by atoms with Crippen molar-refractivity contribution in [2.75, 3.05) is 41.5 Å². The molecule has 0 saturated carbocycles. The van der Waals surface area contributed by atoms with Gasteiger partial charge in [-0.15, -0.1) is 0 Å². The zero-order valence-electron chi connectivity index (χ0n) is 18.7. The number of thiocarbonyl (C=S) groups is 1. The molecule has 0 unspecified atom stereocenters. The molecule has 10 heteroatoms. The molecule has 0 radical (unpaired) electrons. The first-order valence-corrected chi connectivity index (χ1v) is 11.1. The predicted octanol–water partition coefficient (Wildman–Crippen LogP) is 3.35. The number of ether oxygens (including phenoxy) is 4. The van der Waals surface area contributed by atoms with E-state index in [4.69, 9.17) is 31.2 Å². The lowest BCUT2D eigenvalue weighted by Gasteiger charge is -2.16. The number of amides is 2. The van der Waals surface area contributed by atoms with E-state index in [1.807, 2.05) is 24.3 Å². The number of thioether (sulfide) groups is 1. The third-order valence-electron chi connectivity index (χ3n) is 4.81. The fourth-order valence-electron chi connectivity index (χ4n) is 3.17. The van der Waals surface area contributed by atoms with Gasteiger partial charge in [0.2, 0.25) is 5.75 Å². The number of nitrogens with one attached hydrogen (secondary N) is 1. The number of hydrogen-bond donors (Lipinski definition) is 1. The van der Waals surface area contributed by atoms with E-state index in [1.54, 1.807) is 25.3 Å². The van der Waals surface area contributed by atoms with Crippen molar-refractivity contribution in [3.8, 4) is 23.0 Å². The van der Waals surface area contributed by atoms with Gasteiger partial charge in [0.1, 0.15) is 10.1 Å². The molecule has 1 aliphatic rings. The molecule has 2 amide bonds. The third-order valence-corrected chi connectivity index (χ3v) is 6.19. The summed E-state index contributed by atoms with van der Waals surface area (Å²) in [6.45, 7) is 0.463. The molecular weight excluding hydrogens is 464 g/mol. The average Bonchev–Trinajstić information content (AvgIpc) is 3.10. The molecule has 1 aliphatic heterocycles. The molecule has 8 nitrogen and oxygen atoms in total. The zero-order chi connectivity index (χ0) is 24.0. The Balaban J connectivity index is 1.64. The second-order valence-corrected chi connectivity index (χ2v) is 8.46. The number of methoxy groups -OCH3 is 4. The number of rotatable bonds is 9. The fourth-order valence-corrected chi connectivity index (χ4v) is 4.48. The largest absolute Gasteiger partial charge is 0.497 e. The van der Waals surface area contributed by atoms with Crippen LogP contribution in [0.4, 0.5) is 0 Å². The third kappa shape index (κ3) is 5.58. The summed E-state index contributed by atoms with van der Waals surface area (Å²) >= 11 is 6.60. The Morgan fingerprint density at radius 3 is 2.36 bits per heavy atom. The molecule has 1 heterocycles. The molecule has 2 aromatic carbocycles. The highest BCUT2D eigenvalue weighted by molar-refractivity contribution is 8.26. The number of hydrogen-bond acceptors (Lipinski definition) is 8. The van der Waals surface area contributed by atoms with E-state index in [2.05, 4.69) is 5.32 Å². The lowest BCUT2D eigenvalue weighted by atomic mass is 10.1. The van der Waals surface area contributed by atoms with Crippen LogP contribution in [0.1, 0.15) is 15.9 Å². The average molecular weight is 489 g/mol. The van der Waals surface area contributed by atoms with Gasteiger partial charge in [-0.1, -0.05) is 36.1 Å². The van der Waals surface area contributed by atoms with Gasteiger partial charge in [-0.05, 0) is 35.9 Å². The van der Waals surface area contributed by atoms with Crippen LogP contribution in [0.25, 0.3) is 6.08 Å². The van der Waals surface area contributed by atoms with Crippen molar-refractivity contribution in [1.82, 2.24) is 10.2 Å². The van der Waals surface area contributed by atoms with Crippen LogP contribution in [-0.4, -0.2) is 62.6 Å². The van der Waals surface area contributed by atoms with E-state index in [0.717, 1.165) is 5.56 Å². The monoisotopic (exact) mass is 488 g/mol. The minimum atomic E-state index is -0.341. The quantitative estimate of drug-likeness (QED) is 0.425. The Labute approximate surface area is 201 Å². The van der Waals surface area contributed by atoms with Crippen molar-refractivity contribution >= 4 is 46.2 Å². The highest BCUT2D eigenvalue weighted by Gasteiger charge is 2.31. The van der Waals surface area contributed by atoms with Gasteiger partial charge in [0.25, 0.3) is 11.8 Å². The summed E-state index contributed by atoms with van der Waals surface area (Å²) in [4.78, 5) is 27.5. The zero-order valence-corrected chi connectivity index (χ0v) is 20.3. The molecule has 1 saturated heterocycles. The minimum Gasteiger partial charge on any atom is -0.497 e. The maximum Gasteiger partial charge on any atom is 0.266 e. The van der Waals surface area contributed by atoms with Crippen LogP contribution in [0.15, 0.2) is 41.3 Å². The normalized spacial score (nSPS) is 14.4. The molecule has 1 N–H and O–H groups in total. The van der Waals surface area contributed by atoms with E-state index >= 15 is 0 Å². The standard InChI is InChI=1S/C23H24N2O6S2/c1-28-16-7-5-6-14(10-16)11-19-22(27)25(23(32)33-19)9-8-24-21(26)15-12-17(29-2)20(31-4)18(13-15)30-3/h5-7,10-13H,8-9H2,1-4H3,(H,24,26)/b19-11+. The van der Waals surface area contributed by atoms with Crippen molar-refractivity contribution in [2.24, 2.45) is 0 Å². The fraction of sp³-hybridized carbons (Fsp3) is 0.261. The molecule has 1 fully saturated rings. The lowest BCUT2D eigenvalue weighted by Crippen LogP contribution is -2.37. The molecule has 3 rings (SSSR count). The Morgan fingerprint density at radius 1 is 1.06 bits per heavy atom. The van der Waals surface area contributed by atoms with Crippen molar-refractivity contribution in [3.63, 3.8) is 0 Å². The minimum absolute atomic E-state index is 0.199. The maximum absolute atomic E-state index is 12.8. The molecule has 0 spiro atoms. The number of benzene rings is 2. The summed E-state index contributed by atoms with van der Waals surface area (Å²) in [6.07, 6.45) is 1.77. The van der Waals surface area contributed by atoms with Crippen molar-refractivity contribution < 1.29 is 28.5 Å². The van der Waals surface area contributed by atoms with Crippen LogP contribution >= 0.6 is 24.0 Å². The van der Waals surface area contributed by atoms with Crippen LogP contribution in [0, 0.1) is 0 Å². The van der Waals surface area contributed by atoms with Crippen molar-refractivity contribution in [2.45, 2.75) is 0 Å². The summed E-state index contributed by atoms with van der Waals surface area (Å²) in [5.74, 6) is 1.32. The van der Waals surface area contributed by atoms with Gasteiger partial charge < -0.3 is 24.3 Å². The smallest absolute Gasteiger partial charge is 0.266 e. The second kappa shape index (κ2) is 11.1. The topological polar surface area (TPSA) is 86.3 Å². The summed E-state index contributed by atoms with van der Waals surface area (Å²) in [6, 6.07) is 10.5. The van der Waals surface area contributed by atoms with E-state index in [9.17, 15) is 9.59 Å². The van der Waals surface area contributed by atoms with E-state index < -0.39 is 0 Å². The van der Waals surface area contributed by atoms with Crippen LogP contribution < -0.4 is 24.3 Å². The van der Waals surface area contributed by atoms with Crippen molar-refractivity contribution in [3.05, 3.63) is 52.4 Å². The van der Waals surface area contributed by atoms with E-state index in [1.165, 1.54) is 38.0 Å². The molecule has 0 bridgehead atoms. The van der Waals surface area contributed by atoms with Gasteiger partial charge in [-0.2, -0.15) is 0 Å². The van der Waals surface area contributed by atoms with Crippen LogP contribution in [0.2, 0.25) is 0 Å². The van der Waals surface area contributed by atoms with Crippen LogP contribution in [0.3, 0.4) is 0 Å². The molecule has 2 aromatic rings. The lowest BCUT2D eigenvalue weighted by molar-refractivity contribution is -0.122. The predicted molar refractivity (Wildman–Crippen MR) is 131 cm³/mol. The SMILES string of the molecule is COc1cccc(/C=C2/SC(=S)N(CCNC(=O)c3cc(OC)c(OC)c(OC)c3)C2=O)c1. The van der Waals surface area contributed by atoms with Gasteiger partial charge >= 0.3 is 0 Å². The highest BCUT2D eigenvalue weighted by atomic mass is 32.2. The maximum atomic E-state index is 12.8. The summed E-state index contributed by atoms with van der Waals surface area (Å²) in [5, 5.41) is 2.80. The van der Waals surface area contributed by atoms with Gasteiger partial charge in [-0.3, -0.25) is 14.5 Å². The number of nitrogens with zero attached hydrogens (tertiary/aromatic N) is 1. The van der Waals surface area contributed by atoms with Crippen LogP contribution in [-0.2, 0) is 4.79 Å². The first-order valence-electron chi connectivity index (χ1n) is 9.89. The Hall–Kier alpha value is -3.24. The number of carbonyl (C=O) groups is 2. The Kier molecular flexibility index (Phi) is 8.18. The molecular formula is C23H24N2O6S2. The Bertz CT molecular complexity index is 1080. The molecule has 33 heavy (non-hydrogen) atoms. The molecule has 174 valence electrons. The van der Waals surface area contributed by atoms with Gasteiger partial charge in [0.15, 0.2) is 11.5 Å². The van der Waals surface area contributed by atoms with Gasteiger partial charge in [0.05, 0.1) is 33.3 Å². The van der Waals surface area contributed by atoms with Crippen LogP contribution in [0.5, 0.6) is 23.0 Å². The number of carbonyl (C=O) groups excluding carboxylic acids is 2. The first kappa shape index (κ1) is 24.4. The summed E-state index contributed by atoms with van der Waals surface area (Å²) in [5.41, 5.74) is 1.18. The van der Waals surface area contributed by atoms with Crippen molar-refractivity contribution in [1.29, 1.82) is 0 Å². The Morgan fingerprint density at radius 2 is 1.76 bits per heavy atom. The molecule has 0 aliphatic carbocycles.